The van der Waals surface area contributed by atoms with Gasteiger partial charge in [-0.1, -0.05) is 135 Å². The summed E-state index contributed by atoms with van der Waals surface area (Å²) in [5.74, 6) is 0. The van der Waals surface area contributed by atoms with Gasteiger partial charge in [-0.15, -0.1) is 0 Å². The molecule has 1 heterocycles. The first-order chi connectivity index (χ1) is 23.6. The fraction of sp³-hybridized carbons (Fsp3) is 0.0638. The zero-order chi connectivity index (χ0) is 31.7. The lowest BCUT2D eigenvalue weighted by molar-refractivity contribution is 0.667. The predicted molar refractivity (Wildman–Crippen MR) is 203 cm³/mol. The van der Waals surface area contributed by atoms with Crippen molar-refractivity contribution in [3.63, 3.8) is 0 Å². The minimum atomic E-state index is -0.120. The molecule has 1 nitrogen and oxygen atoms in total. The average Bonchev–Trinajstić information content (AvgIpc) is 3.72. The van der Waals surface area contributed by atoms with E-state index in [1.54, 1.807) is 0 Å². The van der Waals surface area contributed by atoms with Crippen molar-refractivity contribution in [3.05, 3.63) is 163 Å². The summed E-state index contributed by atoms with van der Waals surface area (Å²) >= 11 is 0. The van der Waals surface area contributed by atoms with Gasteiger partial charge in [0, 0.05) is 21.9 Å². The van der Waals surface area contributed by atoms with E-state index >= 15 is 0 Å². The second kappa shape index (κ2) is 9.12. The lowest BCUT2D eigenvalue weighted by atomic mass is 9.80. The summed E-state index contributed by atoms with van der Waals surface area (Å²) in [6.07, 6.45) is 0. The minimum Gasteiger partial charge on any atom is -0.309 e. The van der Waals surface area contributed by atoms with E-state index in [2.05, 4.69) is 170 Å². The molecule has 0 fully saturated rings. The molecule has 0 spiro atoms. The van der Waals surface area contributed by atoms with Gasteiger partial charge in [0.15, 0.2) is 0 Å². The first-order valence-electron chi connectivity index (χ1n) is 16.9. The number of hydrogen-bond donors (Lipinski definition) is 0. The molecule has 0 unspecified atom stereocenters. The molecular formula is C47H31N. The van der Waals surface area contributed by atoms with Gasteiger partial charge in [0.05, 0.1) is 11.0 Å². The lowest BCUT2D eigenvalue weighted by Gasteiger charge is -2.23. The molecule has 0 amide bonds. The summed E-state index contributed by atoms with van der Waals surface area (Å²) in [5.41, 5.74) is 17.0. The summed E-state index contributed by atoms with van der Waals surface area (Å²) in [5, 5.41) is 7.93. The predicted octanol–water partition coefficient (Wildman–Crippen LogP) is 12.7. The molecule has 224 valence electrons. The number of aromatic nitrogens is 1. The Morgan fingerprint density at radius 3 is 1.96 bits per heavy atom. The molecule has 9 aromatic rings. The summed E-state index contributed by atoms with van der Waals surface area (Å²) in [6, 6.07) is 56.7. The summed E-state index contributed by atoms with van der Waals surface area (Å²) in [4.78, 5) is 0. The minimum absolute atomic E-state index is 0.120. The molecule has 1 aromatic heterocycles. The van der Waals surface area contributed by atoms with Crippen molar-refractivity contribution >= 4 is 43.4 Å². The SMILES string of the molecule is CC1(C)c2cc3c(cc2-c2ccc4ccccc4c21)c1ccccc1n3-c1cccc(-c2ccc3c4c(cccc24)-c2ccccc2-3)c1. The molecule has 1 heteroatoms. The van der Waals surface area contributed by atoms with Crippen molar-refractivity contribution in [1.82, 2.24) is 4.57 Å². The fourth-order valence-electron chi connectivity index (χ4n) is 9.21. The maximum Gasteiger partial charge on any atom is 0.0544 e. The van der Waals surface area contributed by atoms with E-state index < -0.39 is 0 Å². The van der Waals surface area contributed by atoms with E-state index in [4.69, 9.17) is 0 Å². The van der Waals surface area contributed by atoms with Crippen LogP contribution in [0.15, 0.2) is 152 Å². The normalized spacial score (nSPS) is 13.8. The van der Waals surface area contributed by atoms with Gasteiger partial charge in [0.1, 0.15) is 0 Å². The molecule has 2 aliphatic rings. The van der Waals surface area contributed by atoms with Crippen LogP contribution in [-0.2, 0) is 5.41 Å². The van der Waals surface area contributed by atoms with Gasteiger partial charge in [-0.3, -0.25) is 0 Å². The molecule has 11 rings (SSSR count). The Morgan fingerprint density at radius 1 is 0.417 bits per heavy atom. The van der Waals surface area contributed by atoms with Gasteiger partial charge in [0.2, 0.25) is 0 Å². The smallest absolute Gasteiger partial charge is 0.0544 e. The van der Waals surface area contributed by atoms with Gasteiger partial charge >= 0.3 is 0 Å². The molecule has 0 atom stereocenters. The average molecular weight is 610 g/mol. The fourth-order valence-corrected chi connectivity index (χ4v) is 9.21. The molecule has 0 saturated heterocycles. The Hall–Kier alpha value is -5.92. The first-order valence-corrected chi connectivity index (χ1v) is 16.9. The highest BCUT2D eigenvalue weighted by Gasteiger charge is 2.37. The van der Waals surface area contributed by atoms with Gasteiger partial charge in [-0.2, -0.15) is 0 Å². The molecule has 0 radical (unpaired) electrons. The molecule has 2 aliphatic carbocycles. The third-order valence-electron chi connectivity index (χ3n) is 11.3. The van der Waals surface area contributed by atoms with E-state index in [9.17, 15) is 0 Å². The summed E-state index contributed by atoms with van der Waals surface area (Å²) in [7, 11) is 0. The number of fused-ring (bicyclic) bond motifs is 11. The lowest BCUT2D eigenvalue weighted by Crippen LogP contribution is -2.15. The second-order valence-corrected chi connectivity index (χ2v) is 14.1. The third kappa shape index (κ3) is 3.26. The van der Waals surface area contributed by atoms with Gasteiger partial charge in [-0.25, -0.2) is 0 Å². The Kier molecular flexibility index (Phi) is 4.97. The molecule has 0 aliphatic heterocycles. The number of benzene rings is 8. The van der Waals surface area contributed by atoms with Crippen LogP contribution in [0.4, 0.5) is 0 Å². The quantitative estimate of drug-likeness (QED) is 0.184. The third-order valence-corrected chi connectivity index (χ3v) is 11.3. The van der Waals surface area contributed by atoms with Crippen LogP contribution in [0, 0.1) is 0 Å². The highest BCUT2D eigenvalue weighted by atomic mass is 15.0. The van der Waals surface area contributed by atoms with Crippen LogP contribution in [0.1, 0.15) is 25.0 Å². The maximum absolute atomic E-state index is 2.49. The zero-order valence-corrected chi connectivity index (χ0v) is 26.9. The van der Waals surface area contributed by atoms with E-state index in [-0.39, 0.29) is 5.41 Å². The van der Waals surface area contributed by atoms with Crippen LogP contribution < -0.4 is 0 Å². The standard InChI is InChI=1S/C47H31N/c1-47(2)42-27-44-41(26-40(42)39-22-21-28-11-3-4-14-32(28)46(39)47)35-17-7-8-20-43(35)48(44)30-13-9-12-29(25-30)31-23-24-38-34-16-6-5-15-33(34)37-19-10-18-36(31)45(37)38/h3-27H,1-2H3. The van der Waals surface area contributed by atoms with E-state index in [0.29, 0.717) is 0 Å². The van der Waals surface area contributed by atoms with Crippen LogP contribution >= 0.6 is 0 Å². The van der Waals surface area contributed by atoms with Crippen molar-refractivity contribution in [2.24, 2.45) is 0 Å². The molecule has 0 saturated carbocycles. The van der Waals surface area contributed by atoms with E-state index in [1.807, 2.05) is 0 Å². The van der Waals surface area contributed by atoms with Gasteiger partial charge < -0.3 is 4.57 Å². The monoisotopic (exact) mass is 609 g/mol. The first kappa shape index (κ1) is 26.2. The van der Waals surface area contributed by atoms with Crippen molar-refractivity contribution < 1.29 is 0 Å². The zero-order valence-electron chi connectivity index (χ0n) is 26.9. The largest absolute Gasteiger partial charge is 0.309 e. The number of para-hydroxylation sites is 1. The summed E-state index contributed by atoms with van der Waals surface area (Å²) < 4.78 is 2.49. The van der Waals surface area contributed by atoms with Crippen molar-refractivity contribution in [2.45, 2.75) is 19.3 Å². The van der Waals surface area contributed by atoms with E-state index in [0.717, 1.165) is 0 Å². The Morgan fingerprint density at radius 2 is 1.08 bits per heavy atom. The highest BCUT2D eigenvalue weighted by molar-refractivity contribution is 6.19. The van der Waals surface area contributed by atoms with Crippen LogP contribution in [-0.4, -0.2) is 4.57 Å². The van der Waals surface area contributed by atoms with Crippen molar-refractivity contribution in [3.8, 4) is 50.2 Å². The Labute approximate surface area is 279 Å². The van der Waals surface area contributed by atoms with Gasteiger partial charge in [0.25, 0.3) is 0 Å². The van der Waals surface area contributed by atoms with Crippen LogP contribution in [0.25, 0.3) is 93.5 Å². The number of hydrogen-bond acceptors (Lipinski definition) is 0. The molecule has 0 N–H and O–H groups in total. The van der Waals surface area contributed by atoms with Crippen LogP contribution in [0.2, 0.25) is 0 Å². The Bertz CT molecular complexity index is 2830. The number of nitrogens with zero attached hydrogens (tertiary/aromatic N) is 1. The molecular weight excluding hydrogens is 579 g/mol. The van der Waals surface area contributed by atoms with Crippen molar-refractivity contribution in [2.75, 3.05) is 0 Å². The Balaban J connectivity index is 1.14. The number of rotatable bonds is 2. The van der Waals surface area contributed by atoms with E-state index in [1.165, 1.54) is 105 Å². The topological polar surface area (TPSA) is 4.93 Å². The molecule has 8 aromatic carbocycles. The molecule has 48 heavy (non-hydrogen) atoms. The molecule has 0 bridgehead atoms. The maximum atomic E-state index is 2.49. The highest BCUT2D eigenvalue weighted by Crippen LogP contribution is 2.54. The second-order valence-electron chi connectivity index (χ2n) is 14.1. The summed E-state index contributed by atoms with van der Waals surface area (Å²) in [6.45, 7) is 4.80. The van der Waals surface area contributed by atoms with Gasteiger partial charge in [-0.05, 0) is 108 Å². The van der Waals surface area contributed by atoms with Crippen molar-refractivity contribution in [1.29, 1.82) is 0 Å². The van der Waals surface area contributed by atoms with Crippen LogP contribution in [0.3, 0.4) is 0 Å². The van der Waals surface area contributed by atoms with Crippen LogP contribution in [0.5, 0.6) is 0 Å².